The molecule has 0 saturated heterocycles. The lowest BCUT2D eigenvalue weighted by atomic mass is 10.1. The van der Waals surface area contributed by atoms with Gasteiger partial charge in [-0.15, -0.1) is 0 Å². The molecule has 1 aromatic rings. The van der Waals surface area contributed by atoms with Crippen LogP contribution < -0.4 is 20.5 Å². The fourth-order valence-electron chi connectivity index (χ4n) is 3.15. The number of anilines is 1. The van der Waals surface area contributed by atoms with Gasteiger partial charge < -0.3 is 20.5 Å². The van der Waals surface area contributed by atoms with E-state index in [1.807, 2.05) is 18.2 Å². The Morgan fingerprint density at radius 3 is 2.86 bits per heavy atom. The number of nitrogens with zero attached hydrogens (tertiary/aromatic N) is 1. The summed E-state index contributed by atoms with van der Waals surface area (Å²) in [5.41, 5.74) is 6.87. The van der Waals surface area contributed by atoms with Crippen LogP contribution in [0.3, 0.4) is 0 Å². The molecular weight excluding hydrogens is 278 g/mol. The standard InChI is InChI=1S/C17H25N3O2/c1-12-3-4-13(9-12)11-19-17(18)20-14-5-6-15-16(10-14)22-8-2-7-21-15/h5-6,10,12-13H,2-4,7-9,11H2,1H3,(H3,18,19,20). The molecule has 22 heavy (non-hydrogen) atoms. The number of hydrogen-bond donors (Lipinski definition) is 2. The first-order valence-electron chi connectivity index (χ1n) is 8.17. The van der Waals surface area contributed by atoms with Crippen molar-refractivity contribution >= 4 is 11.6 Å². The van der Waals surface area contributed by atoms with Gasteiger partial charge in [-0.1, -0.05) is 13.3 Å². The van der Waals surface area contributed by atoms with Crippen LogP contribution in [0, 0.1) is 11.8 Å². The fraction of sp³-hybridized carbons (Fsp3) is 0.588. The normalized spacial score (nSPS) is 24.9. The molecule has 1 aliphatic carbocycles. The summed E-state index contributed by atoms with van der Waals surface area (Å²) in [5, 5.41) is 3.14. The smallest absolute Gasteiger partial charge is 0.193 e. The van der Waals surface area contributed by atoms with E-state index in [-0.39, 0.29) is 0 Å². The Bertz CT molecular complexity index is 545. The number of fused-ring (bicyclic) bond motifs is 1. The third-order valence-electron chi connectivity index (χ3n) is 4.34. The van der Waals surface area contributed by atoms with E-state index in [0.717, 1.165) is 36.1 Å². The molecule has 1 aliphatic heterocycles. The number of guanidine groups is 1. The molecule has 1 fully saturated rings. The van der Waals surface area contributed by atoms with Gasteiger partial charge in [-0.05, 0) is 36.8 Å². The van der Waals surface area contributed by atoms with E-state index < -0.39 is 0 Å². The minimum absolute atomic E-state index is 0.467. The number of benzene rings is 1. The van der Waals surface area contributed by atoms with E-state index in [0.29, 0.717) is 25.1 Å². The first-order chi connectivity index (χ1) is 10.7. The summed E-state index contributed by atoms with van der Waals surface area (Å²) in [7, 11) is 0. The maximum absolute atomic E-state index is 5.99. The summed E-state index contributed by atoms with van der Waals surface area (Å²) in [4.78, 5) is 4.48. The highest BCUT2D eigenvalue weighted by atomic mass is 16.5. The van der Waals surface area contributed by atoms with E-state index in [2.05, 4.69) is 17.2 Å². The summed E-state index contributed by atoms with van der Waals surface area (Å²) in [5.74, 6) is 3.53. The Morgan fingerprint density at radius 1 is 1.27 bits per heavy atom. The molecule has 0 spiro atoms. The van der Waals surface area contributed by atoms with Crippen LogP contribution in [-0.4, -0.2) is 25.7 Å². The molecule has 1 saturated carbocycles. The predicted octanol–water partition coefficient (Wildman–Crippen LogP) is 3.01. The SMILES string of the molecule is CC1CCC(CN=C(N)Nc2ccc3c(c2)OCCCO3)C1. The van der Waals surface area contributed by atoms with Crippen molar-refractivity contribution in [3.63, 3.8) is 0 Å². The summed E-state index contributed by atoms with van der Waals surface area (Å²) in [6, 6.07) is 5.77. The maximum Gasteiger partial charge on any atom is 0.193 e. The van der Waals surface area contributed by atoms with Crippen LogP contribution in [0.1, 0.15) is 32.6 Å². The van der Waals surface area contributed by atoms with Crippen LogP contribution >= 0.6 is 0 Å². The van der Waals surface area contributed by atoms with Gasteiger partial charge in [0.2, 0.25) is 0 Å². The topological polar surface area (TPSA) is 68.9 Å². The Kier molecular flexibility index (Phi) is 4.71. The van der Waals surface area contributed by atoms with Crippen LogP contribution in [0.2, 0.25) is 0 Å². The fourth-order valence-corrected chi connectivity index (χ4v) is 3.15. The van der Waals surface area contributed by atoms with Crippen molar-refractivity contribution in [3.8, 4) is 11.5 Å². The zero-order valence-electron chi connectivity index (χ0n) is 13.2. The largest absolute Gasteiger partial charge is 0.490 e. The maximum atomic E-state index is 5.99. The molecule has 2 atom stereocenters. The van der Waals surface area contributed by atoms with E-state index in [1.165, 1.54) is 19.3 Å². The molecular formula is C17H25N3O2. The van der Waals surface area contributed by atoms with Crippen molar-refractivity contribution in [3.05, 3.63) is 18.2 Å². The van der Waals surface area contributed by atoms with Gasteiger partial charge in [0.1, 0.15) is 0 Å². The first kappa shape index (κ1) is 15.0. The number of hydrogen-bond acceptors (Lipinski definition) is 3. The Balaban J connectivity index is 1.59. The van der Waals surface area contributed by atoms with Crippen LogP contribution in [0.5, 0.6) is 11.5 Å². The minimum Gasteiger partial charge on any atom is -0.490 e. The van der Waals surface area contributed by atoms with Crippen molar-refractivity contribution < 1.29 is 9.47 Å². The molecule has 120 valence electrons. The quantitative estimate of drug-likeness (QED) is 0.665. The molecule has 2 unspecified atom stereocenters. The highest BCUT2D eigenvalue weighted by Gasteiger charge is 2.20. The van der Waals surface area contributed by atoms with Crippen molar-refractivity contribution in [1.82, 2.24) is 0 Å². The van der Waals surface area contributed by atoms with Gasteiger partial charge in [-0.2, -0.15) is 0 Å². The Morgan fingerprint density at radius 2 is 2.09 bits per heavy atom. The van der Waals surface area contributed by atoms with Gasteiger partial charge in [0.05, 0.1) is 13.2 Å². The highest BCUT2D eigenvalue weighted by Crippen LogP contribution is 2.32. The van der Waals surface area contributed by atoms with Gasteiger partial charge in [0.25, 0.3) is 0 Å². The van der Waals surface area contributed by atoms with Gasteiger partial charge >= 0.3 is 0 Å². The van der Waals surface area contributed by atoms with Crippen LogP contribution in [-0.2, 0) is 0 Å². The van der Waals surface area contributed by atoms with E-state index >= 15 is 0 Å². The number of nitrogens with one attached hydrogen (secondary N) is 1. The van der Waals surface area contributed by atoms with E-state index in [4.69, 9.17) is 15.2 Å². The lowest BCUT2D eigenvalue weighted by Gasteiger charge is -2.11. The summed E-state index contributed by atoms with van der Waals surface area (Å²) >= 11 is 0. The zero-order valence-corrected chi connectivity index (χ0v) is 13.2. The van der Waals surface area contributed by atoms with Crippen molar-refractivity contribution in [2.75, 3.05) is 25.1 Å². The monoisotopic (exact) mass is 303 g/mol. The summed E-state index contributed by atoms with van der Waals surface area (Å²) < 4.78 is 11.3. The molecule has 3 N–H and O–H groups in total. The van der Waals surface area contributed by atoms with Crippen molar-refractivity contribution in [2.24, 2.45) is 22.6 Å². The van der Waals surface area contributed by atoms with Gasteiger partial charge in [0.15, 0.2) is 17.5 Å². The third-order valence-corrected chi connectivity index (χ3v) is 4.34. The summed E-state index contributed by atoms with van der Waals surface area (Å²) in [6.07, 6.45) is 4.75. The minimum atomic E-state index is 0.467. The number of ether oxygens (including phenoxy) is 2. The van der Waals surface area contributed by atoms with Crippen molar-refractivity contribution in [2.45, 2.75) is 32.6 Å². The molecule has 0 radical (unpaired) electrons. The second-order valence-electron chi connectivity index (χ2n) is 6.35. The highest BCUT2D eigenvalue weighted by molar-refractivity contribution is 5.92. The van der Waals surface area contributed by atoms with Gasteiger partial charge in [-0.3, -0.25) is 4.99 Å². The second kappa shape index (κ2) is 6.90. The first-order valence-corrected chi connectivity index (χ1v) is 8.17. The molecule has 0 bridgehead atoms. The number of aliphatic imine (C=N–C) groups is 1. The van der Waals surface area contributed by atoms with E-state index in [9.17, 15) is 0 Å². The molecule has 3 rings (SSSR count). The van der Waals surface area contributed by atoms with Crippen LogP contribution in [0.15, 0.2) is 23.2 Å². The predicted molar refractivity (Wildman–Crippen MR) is 88.7 cm³/mol. The van der Waals surface area contributed by atoms with Gasteiger partial charge in [0, 0.05) is 24.7 Å². The van der Waals surface area contributed by atoms with Crippen molar-refractivity contribution in [1.29, 1.82) is 0 Å². The molecule has 0 aromatic heterocycles. The van der Waals surface area contributed by atoms with E-state index in [1.54, 1.807) is 0 Å². The molecule has 1 aromatic carbocycles. The lowest BCUT2D eigenvalue weighted by molar-refractivity contribution is 0.297. The molecule has 0 amide bonds. The van der Waals surface area contributed by atoms with Crippen LogP contribution in [0.4, 0.5) is 5.69 Å². The molecule has 5 nitrogen and oxygen atoms in total. The second-order valence-corrected chi connectivity index (χ2v) is 6.35. The molecule has 2 aliphatic rings. The number of rotatable bonds is 3. The number of nitrogens with two attached hydrogens (primary N) is 1. The lowest BCUT2D eigenvalue weighted by Crippen LogP contribution is -2.23. The zero-order chi connectivity index (χ0) is 15.4. The third kappa shape index (κ3) is 3.84. The summed E-state index contributed by atoms with van der Waals surface area (Å²) in [6.45, 7) is 4.50. The van der Waals surface area contributed by atoms with Gasteiger partial charge in [-0.25, -0.2) is 0 Å². The Labute approximate surface area is 131 Å². The van der Waals surface area contributed by atoms with Crippen LogP contribution in [0.25, 0.3) is 0 Å². The average molecular weight is 303 g/mol. The Hall–Kier alpha value is -1.91. The molecule has 5 heteroatoms. The average Bonchev–Trinajstić information content (AvgIpc) is 2.78. The molecule has 1 heterocycles.